The minimum atomic E-state index is -0.408. The molecule has 3 rings (SSSR count). The van der Waals surface area contributed by atoms with E-state index >= 15 is 0 Å². The fraction of sp³-hybridized carbons (Fsp3) is 0.143. The van der Waals surface area contributed by atoms with Crippen molar-refractivity contribution in [2.75, 3.05) is 6.54 Å². The van der Waals surface area contributed by atoms with Gasteiger partial charge in [0, 0.05) is 31.5 Å². The summed E-state index contributed by atoms with van der Waals surface area (Å²) in [6, 6.07) is 8.01. The number of fused-ring (bicyclic) bond motifs is 1. The maximum atomic E-state index is 12.1. The molecule has 0 spiro atoms. The summed E-state index contributed by atoms with van der Waals surface area (Å²) < 4.78 is 1.46. The Labute approximate surface area is 114 Å². The Morgan fingerprint density at radius 1 is 0.950 bits per heavy atom. The third-order valence-corrected chi connectivity index (χ3v) is 3.19. The van der Waals surface area contributed by atoms with Gasteiger partial charge in [-0.15, -0.1) is 0 Å². The predicted molar refractivity (Wildman–Crippen MR) is 70.3 cm³/mol. The smallest absolute Gasteiger partial charge is 0.280 e. The van der Waals surface area contributed by atoms with Crippen LogP contribution in [0.25, 0.3) is 0 Å². The van der Waals surface area contributed by atoms with Gasteiger partial charge in [0.25, 0.3) is 17.4 Å². The molecule has 0 aliphatic carbocycles. The first-order valence-corrected chi connectivity index (χ1v) is 6.15. The van der Waals surface area contributed by atoms with E-state index in [1.807, 2.05) is 0 Å². The Balaban J connectivity index is 1.81. The quantitative estimate of drug-likeness (QED) is 0.762. The molecule has 0 radical (unpaired) electrons. The Morgan fingerprint density at radius 2 is 1.80 bits per heavy atom. The highest BCUT2D eigenvalue weighted by atomic mass is 16.2. The van der Waals surface area contributed by atoms with Crippen LogP contribution >= 0.6 is 0 Å². The second-order valence-corrected chi connectivity index (χ2v) is 4.39. The van der Waals surface area contributed by atoms with Crippen molar-refractivity contribution in [2.45, 2.75) is 6.54 Å². The standard InChI is InChI=1S/C14H11N3O3/c18-11-5-1-2-7-16(11)8-9-17-13(19)10-4-3-6-15-12(10)14(17)20/h1-7H,8-9H2. The van der Waals surface area contributed by atoms with Crippen LogP contribution in [0.4, 0.5) is 0 Å². The summed E-state index contributed by atoms with van der Waals surface area (Å²) in [5.74, 6) is -0.767. The minimum Gasteiger partial charge on any atom is -0.314 e. The topological polar surface area (TPSA) is 72.3 Å². The Morgan fingerprint density at radius 3 is 2.55 bits per heavy atom. The van der Waals surface area contributed by atoms with Gasteiger partial charge in [-0.1, -0.05) is 6.07 Å². The highest BCUT2D eigenvalue weighted by Crippen LogP contribution is 2.19. The average molecular weight is 269 g/mol. The molecule has 6 heteroatoms. The van der Waals surface area contributed by atoms with Gasteiger partial charge in [0.2, 0.25) is 0 Å². The molecule has 20 heavy (non-hydrogen) atoms. The van der Waals surface area contributed by atoms with Crippen molar-refractivity contribution in [1.29, 1.82) is 0 Å². The number of amides is 2. The van der Waals surface area contributed by atoms with E-state index in [2.05, 4.69) is 4.98 Å². The first-order valence-electron chi connectivity index (χ1n) is 6.15. The molecule has 1 aliphatic heterocycles. The minimum absolute atomic E-state index is 0.151. The summed E-state index contributed by atoms with van der Waals surface area (Å²) in [5, 5.41) is 0. The monoisotopic (exact) mass is 269 g/mol. The summed E-state index contributed by atoms with van der Waals surface area (Å²) in [6.07, 6.45) is 3.11. The van der Waals surface area contributed by atoms with E-state index in [1.54, 1.807) is 30.5 Å². The predicted octanol–water partition coefficient (Wildman–Crippen LogP) is 0.539. The zero-order valence-electron chi connectivity index (χ0n) is 10.5. The molecule has 0 fully saturated rings. The Hall–Kier alpha value is -2.76. The zero-order valence-corrected chi connectivity index (χ0v) is 10.5. The first kappa shape index (κ1) is 12.3. The molecule has 0 N–H and O–H groups in total. The number of nitrogens with zero attached hydrogens (tertiary/aromatic N) is 3. The summed E-state index contributed by atoms with van der Waals surface area (Å²) in [7, 11) is 0. The van der Waals surface area contributed by atoms with Crippen LogP contribution in [0.1, 0.15) is 20.8 Å². The third kappa shape index (κ3) is 1.91. The van der Waals surface area contributed by atoms with E-state index in [0.717, 1.165) is 4.90 Å². The van der Waals surface area contributed by atoms with Crippen molar-refractivity contribution in [2.24, 2.45) is 0 Å². The van der Waals surface area contributed by atoms with E-state index in [0.29, 0.717) is 5.56 Å². The van der Waals surface area contributed by atoms with E-state index in [1.165, 1.54) is 16.8 Å². The lowest BCUT2D eigenvalue weighted by Gasteiger charge is -2.14. The molecule has 2 amide bonds. The summed E-state index contributed by atoms with van der Waals surface area (Å²) in [6.45, 7) is 0.420. The summed E-state index contributed by atoms with van der Waals surface area (Å²) in [4.78, 5) is 40.8. The number of imide groups is 1. The average Bonchev–Trinajstić information content (AvgIpc) is 2.71. The lowest BCUT2D eigenvalue weighted by atomic mass is 10.2. The van der Waals surface area contributed by atoms with Gasteiger partial charge in [-0.2, -0.15) is 0 Å². The molecule has 100 valence electrons. The largest absolute Gasteiger partial charge is 0.314 e. The fourth-order valence-electron chi connectivity index (χ4n) is 2.17. The summed E-state index contributed by atoms with van der Waals surface area (Å²) >= 11 is 0. The highest BCUT2D eigenvalue weighted by Gasteiger charge is 2.36. The molecule has 6 nitrogen and oxygen atoms in total. The van der Waals surface area contributed by atoms with Gasteiger partial charge in [-0.25, -0.2) is 0 Å². The van der Waals surface area contributed by atoms with Crippen LogP contribution in [0.3, 0.4) is 0 Å². The van der Waals surface area contributed by atoms with Crippen LogP contribution in [0.5, 0.6) is 0 Å². The van der Waals surface area contributed by atoms with E-state index < -0.39 is 5.91 Å². The first-order chi connectivity index (χ1) is 9.68. The van der Waals surface area contributed by atoms with Crippen LogP contribution < -0.4 is 5.56 Å². The molecule has 0 atom stereocenters. The number of carbonyl (C=O) groups excluding carboxylic acids is 2. The molecule has 0 unspecified atom stereocenters. The van der Waals surface area contributed by atoms with E-state index in [-0.39, 0.29) is 30.2 Å². The van der Waals surface area contributed by atoms with Crippen molar-refractivity contribution < 1.29 is 9.59 Å². The van der Waals surface area contributed by atoms with Crippen molar-refractivity contribution in [3.05, 3.63) is 64.3 Å². The molecule has 0 saturated heterocycles. The zero-order chi connectivity index (χ0) is 14.1. The molecule has 0 saturated carbocycles. The van der Waals surface area contributed by atoms with Crippen LogP contribution in [0.15, 0.2) is 47.5 Å². The second-order valence-electron chi connectivity index (χ2n) is 4.39. The number of pyridine rings is 2. The molecule has 2 aromatic rings. The maximum Gasteiger partial charge on any atom is 0.280 e. The lowest BCUT2D eigenvalue weighted by molar-refractivity contribution is 0.0646. The second kappa shape index (κ2) is 4.73. The van der Waals surface area contributed by atoms with Gasteiger partial charge in [0.05, 0.1) is 5.56 Å². The molecular weight excluding hydrogens is 258 g/mol. The highest BCUT2D eigenvalue weighted by molar-refractivity contribution is 6.20. The Bertz CT molecular complexity index is 716. The van der Waals surface area contributed by atoms with Crippen LogP contribution in [-0.2, 0) is 6.54 Å². The van der Waals surface area contributed by atoms with Crippen molar-refractivity contribution >= 4 is 11.8 Å². The van der Waals surface area contributed by atoms with Gasteiger partial charge in [-0.05, 0) is 18.2 Å². The SMILES string of the molecule is O=C1c2cccnc2C(=O)N1CCn1ccccc1=O. The van der Waals surface area contributed by atoms with Crippen LogP contribution in [0.2, 0.25) is 0 Å². The number of aromatic nitrogens is 2. The molecule has 3 heterocycles. The van der Waals surface area contributed by atoms with Crippen molar-refractivity contribution in [3.8, 4) is 0 Å². The number of rotatable bonds is 3. The number of hydrogen-bond acceptors (Lipinski definition) is 4. The molecule has 0 aromatic carbocycles. The van der Waals surface area contributed by atoms with Gasteiger partial charge in [0.15, 0.2) is 0 Å². The maximum absolute atomic E-state index is 12.1. The molecule has 1 aliphatic rings. The molecular formula is C14H11N3O3. The lowest BCUT2D eigenvalue weighted by Crippen LogP contribution is -2.34. The van der Waals surface area contributed by atoms with Gasteiger partial charge >= 0.3 is 0 Å². The van der Waals surface area contributed by atoms with Crippen molar-refractivity contribution in [3.63, 3.8) is 0 Å². The number of carbonyl (C=O) groups is 2. The number of hydrogen-bond donors (Lipinski definition) is 0. The Kier molecular flexibility index (Phi) is 2.90. The fourth-order valence-corrected chi connectivity index (χ4v) is 2.17. The molecule has 2 aromatic heterocycles. The van der Waals surface area contributed by atoms with Gasteiger partial charge < -0.3 is 4.57 Å². The van der Waals surface area contributed by atoms with Crippen LogP contribution in [-0.4, -0.2) is 32.8 Å². The van der Waals surface area contributed by atoms with Gasteiger partial charge in [0.1, 0.15) is 5.69 Å². The third-order valence-electron chi connectivity index (χ3n) is 3.19. The molecule has 0 bridgehead atoms. The van der Waals surface area contributed by atoms with E-state index in [9.17, 15) is 14.4 Å². The van der Waals surface area contributed by atoms with Crippen LogP contribution in [0, 0.1) is 0 Å². The van der Waals surface area contributed by atoms with Crippen molar-refractivity contribution in [1.82, 2.24) is 14.5 Å². The normalized spacial score (nSPS) is 13.7. The van der Waals surface area contributed by atoms with E-state index in [4.69, 9.17) is 0 Å². The van der Waals surface area contributed by atoms with Gasteiger partial charge in [-0.3, -0.25) is 24.3 Å². The summed E-state index contributed by atoms with van der Waals surface area (Å²) in [5.41, 5.74) is 0.332.